The molecule has 0 saturated heterocycles. The maximum Gasteiger partial charge on any atom is 0.416 e. The molecule has 4 nitrogen and oxygen atoms in total. The minimum atomic E-state index is -4.60. The monoisotopic (exact) mass is 458 g/mol. The first kappa shape index (κ1) is 22.2. The summed E-state index contributed by atoms with van der Waals surface area (Å²) in [7, 11) is 0. The zero-order chi connectivity index (χ0) is 23.8. The Morgan fingerprint density at radius 2 is 1.39 bits per heavy atom. The van der Waals surface area contributed by atoms with Crippen LogP contribution in [0.15, 0.2) is 78.5 Å². The van der Waals surface area contributed by atoms with Gasteiger partial charge in [0, 0.05) is 5.69 Å². The molecular weight excluding hydrogens is 443 g/mol. The number of halogens is 5. The van der Waals surface area contributed by atoms with Gasteiger partial charge in [-0.25, -0.2) is 8.78 Å². The first-order valence-electron chi connectivity index (χ1n) is 9.68. The minimum Gasteiger partial charge on any atom is -0.350 e. The third-order valence-electron chi connectivity index (χ3n) is 5.01. The quantitative estimate of drug-likeness (QED) is 0.413. The molecule has 1 N–H and O–H groups in total. The van der Waals surface area contributed by atoms with Crippen molar-refractivity contribution in [3.8, 4) is 0 Å². The van der Waals surface area contributed by atoms with Crippen molar-refractivity contribution in [2.75, 3.05) is 5.32 Å². The maximum absolute atomic E-state index is 13.4. The van der Waals surface area contributed by atoms with E-state index in [-0.39, 0.29) is 29.1 Å². The van der Waals surface area contributed by atoms with Crippen LogP contribution in [0.2, 0.25) is 0 Å². The molecule has 0 atom stereocenters. The second-order valence-corrected chi connectivity index (χ2v) is 7.28. The van der Waals surface area contributed by atoms with Gasteiger partial charge >= 0.3 is 6.18 Å². The third-order valence-corrected chi connectivity index (χ3v) is 5.01. The highest BCUT2D eigenvalue weighted by molar-refractivity contribution is 6.36. The highest BCUT2D eigenvalue weighted by Crippen LogP contribution is 2.34. The molecule has 2 amide bonds. The molecule has 0 radical (unpaired) electrons. The van der Waals surface area contributed by atoms with E-state index in [0.717, 1.165) is 29.2 Å². The van der Waals surface area contributed by atoms with E-state index in [1.54, 1.807) is 0 Å². The summed E-state index contributed by atoms with van der Waals surface area (Å²) in [6.45, 7) is -0.184. The Morgan fingerprint density at radius 3 is 2.00 bits per heavy atom. The zero-order valence-corrected chi connectivity index (χ0v) is 16.8. The summed E-state index contributed by atoms with van der Waals surface area (Å²) in [5, 5.41) is 2.64. The molecule has 1 heterocycles. The number of anilines is 1. The summed E-state index contributed by atoms with van der Waals surface area (Å²) in [5.41, 5.74) is -0.657. The van der Waals surface area contributed by atoms with Gasteiger partial charge in [-0.3, -0.25) is 14.5 Å². The topological polar surface area (TPSA) is 49.4 Å². The molecule has 3 aromatic rings. The lowest BCUT2D eigenvalue weighted by Gasteiger charge is -2.16. The number of rotatable bonds is 5. The summed E-state index contributed by atoms with van der Waals surface area (Å²) in [4.78, 5) is 27.2. The van der Waals surface area contributed by atoms with Gasteiger partial charge in [-0.15, -0.1) is 0 Å². The van der Waals surface area contributed by atoms with Gasteiger partial charge in [0.05, 0.1) is 17.7 Å². The lowest BCUT2D eigenvalue weighted by Crippen LogP contribution is -2.32. The molecule has 1 aliphatic rings. The van der Waals surface area contributed by atoms with E-state index in [1.807, 2.05) is 0 Å². The Bertz CT molecular complexity index is 1250. The standard InChI is InChI=1S/C24H15F5N2O2/c25-17-8-4-14(5-9-17)13-31-22(32)20(15-6-10-18(26)11-7-15)21(23(31)33)30-19-3-1-2-16(12-19)24(27,28)29/h1-12,30H,13H2. The van der Waals surface area contributed by atoms with Crippen molar-refractivity contribution in [3.63, 3.8) is 0 Å². The summed E-state index contributed by atoms with van der Waals surface area (Å²) in [6.07, 6.45) is -4.60. The fraction of sp³-hybridized carbons (Fsp3) is 0.0833. The molecule has 0 aliphatic carbocycles. The molecule has 0 unspecified atom stereocenters. The Kier molecular flexibility index (Phi) is 5.71. The maximum atomic E-state index is 13.4. The molecule has 0 aromatic heterocycles. The van der Waals surface area contributed by atoms with Gasteiger partial charge in [-0.1, -0.05) is 30.3 Å². The van der Waals surface area contributed by atoms with Crippen molar-refractivity contribution in [2.45, 2.75) is 12.7 Å². The zero-order valence-electron chi connectivity index (χ0n) is 16.8. The van der Waals surface area contributed by atoms with E-state index in [0.29, 0.717) is 5.56 Å². The highest BCUT2D eigenvalue weighted by atomic mass is 19.4. The summed E-state index contributed by atoms with van der Waals surface area (Å²) in [5.74, 6) is -2.55. The Morgan fingerprint density at radius 1 is 0.788 bits per heavy atom. The van der Waals surface area contributed by atoms with Crippen LogP contribution < -0.4 is 5.32 Å². The lowest BCUT2D eigenvalue weighted by molar-refractivity contribution is -0.138. The van der Waals surface area contributed by atoms with Crippen molar-refractivity contribution in [1.82, 2.24) is 4.90 Å². The normalized spacial score (nSPS) is 14.3. The average Bonchev–Trinajstić information content (AvgIpc) is 3.00. The second-order valence-electron chi connectivity index (χ2n) is 7.28. The van der Waals surface area contributed by atoms with Crippen molar-refractivity contribution in [1.29, 1.82) is 0 Å². The van der Waals surface area contributed by atoms with Gasteiger partial charge in [0.15, 0.2) is 0 Å². The molecule has 1 aliphatic heterocycles. The molecule has 4 rings (SSSR count). The van der Waals surface area contributed by atoms with E-state index in [2.05, 4.69) is 5.32 Å². The molecule has 0 bridgehead atoms. The van der Waals surface area contributed by atoms with Crippen LogP contribution in [0.25, 0.3) is 5.57 Å². The number of nitrogens with zero attached hydrogens (tertiary/aromatic N) is 1. The van der Waals surface area contributed by atoms with Gasteiger partial charge < -0.3 is 5.32 Å². The van der Waals surface area contributed by atoms with Crippen molar-refractivity contribution < 1.29 is 31.5 Å². The highest BCUT2D eigenvalue weighted by Gasteiger charge is 2.39. The van der Waals surface area contributed by atoms with E-state index >= 15 is 0 Å². The van der Waals surface area contributed by atoms with Crippen LogP contribution in [-0.2, 0) is 22.3 Å². The number of imide groups is 1. The van der Waals surface area contributed by atoms with Gasteiger partial charge in [0.25, 0.3) is 11.8 Å². The number of carbonyl (C=O) groups excluding carboxylic acids is 2. The predicted molar refractivity (Wildman–Crippen MR) is 110 cm³/mol. The fourth-order valence-corrected chi connectivity index (χ4v) is 3.41. The van der Waals surface area contributed by atoms with Crippen molar-refractivity contribution >= 4 is 23.1 Å². The van der Waals surface area contributed by atoms with Crippen LogP contribution in [0.3, 0.4) is 0 Å². The number of alkyl halides is 3. The molecule has 168 valence electrons. The van der Waals surface area contributed by atoms with Gasteiger partial charge in [0.1, 0.15) is 17.3 Å². The number of benzene rings is 3. The molecule has 0 fully saturated rings. The molecule has 0 saturated carbocycles. The Balaban J connectivity index is 1.74. The van der Waals surface area contributed by atoms with Crippen molar-refractivity contribution in [3.05, 3.63) is 107 Å². The first-order chi connectivity index (χ1) is 15.6. The first-order valence-corrected chi connectivity index (χ1v) is 9.68. The van der Waals surface area contributed by atoms with Gasteiger partial charge in [-0.05, 0) is 53.6 Å². The van der Waals surface area contributed by atoms with Crippen LogP contribution in [0.4, 0.5) is 27.6 Å². The van der Waals surface area contributed by atoms with Gasteiger partial charge in [-0.2, -0.15) is 13.2 Å². The molecule has 9 heteroatoms. The van der Waals surface area contributed by atoms with Crippen molar-refractivity contribution in [2.24, 2.45) is 0 Å². The van der Waals surface area contributed by atoms with E-state index in [1.165, 1.54) is 48.5 Å². The Hall–Kier alpha value is -4.01. The summed E-state index contributed by atoms with van der Waals surface area (Å²) < 4.78 is 65.9. The number of hydrogen-bond acceptors (Lipinski definition) is 3. The minimum absolute atomic E-state index is 0.0516. The largest absolute Gasteiger partial charge is 0.416 e. The summed E-state index contributed by atoms with van der Waals surface area (Å²) in [6, 6.07) is 14.2. The lowest BCUT2D eigenvalue weighted by atomic mass is 10.0. The summed E-state index contributed by atoms with van der Waals surface area (Å²) >= 11 is 0. The number of carbonyl (C=O) groups is 2. The van der Waals surface area contributed by atoms with Crippen LogP contribution in [0, 0.1) is 11.6 Å². The van der Waals surface area contributed by atoms with E-state index in [9.17, 15) is 31.5 Å². The van der Waals surface area contributed by atoms with E-state index in [4.69, 9.17) is 0 Å². The molecule has 33 heavy (non-hydrogen) atoms. The Labute approximate surface area is 185 Å². The van der Waals surface area contributed by atoms with Crippen LogP contribution in [-0.4, -0.2) is 16.7 Å². The number of amides is 2. The smallest absolute Gasteiger partial charge is 0.350 e. The van der Waals surface area contributed by atoms with E-state index < -0.39 is 35.2 Å². The fourth-order valence-electron chi connectivity index (χ4n) is 3.41. The molecule has 0 spiro atoms. The third kappa shape index (κ3) is 4.62. The number of hydrogen-bond donors (Lipinski definition) is 1. The SMILES string of the molecule is O=C1C(Nc2cccc(C(F)(F)F)c2)=C(c2ccc(F)cc2)C(=O)N1Cc1ccc(F)cc1. The molecular formula is C24H15F5N2O2. The van der Waals surface area contributed by atoms with Crippen LogP contribution >= 0.6 is 0 Å². The number of nitrogens with one attached hydrogen (secondary N) is 1. The molecule has 3 aromatic carbocycles. The predicted octanol–water partition coefficient (Wildman–Crippen LogP) is 5.38. The average molecular weight is 458 g/mol. The van der Waals surface area contributed by atoms with Crippen LogP contribution in [0.5, 0.6) is 0 Å². The van der Waals surface area contributed by atoms with Crippen LogP contribution in [0.1, 0.15) is 16.7 Å². The van der Waals surface area contributed by atoms with Gasteiger partial charge in [0.2, 0.25) is 0 Å². The second kappa shape index (κ2) is 8.50.